The first-order valence-electron chi connectivity index (χ1n) is 13.3. The summed E-state index contributed by atoms with van der Waals surface area (Å²) in [6.45, 7) is -0.0719. The Balaban J connectivity index is 1.48. The van der Waals surface area contributed by atoms with Crippen molar-refractivity contribution in [2.75, 3.05) is 24.5 Å². The zero-order valence-electron chi connectivity index (χ0n) is 21.8. The molecule has 3 aromatic rings. The van der Waals surface area contributed by atoms with E-state index in [-0.39, 0.29) is 38.9 Å². The van der Waals surface area contributed by atoms with Crippen molar-refractivity contribution in [3.8, 4) is 0 Å². The van der Waals surface area contributed by atoms with Crippen molar-refractivity contribution in [1.82, 2.24) is 10.6 Å². The summed E-state index contributed by atoms with van der Waals surface area (Å²) in [5.41, 5.74) is 7.84. The van der Waals surface area contributed by atoms with Gasteiger partial charge in [-0.2, -0.15) is 0 Å². The standard InChI is InChI=1S/C30H35FN4O4/c31-25-10-5-9-22-7-3-4-11-27(22)35(30(25)39)15-14-28(37)34-26(29(38)33-19-24(36)18-32)17-20-12-13-21-6-1-2-8-23(21)16-20/h1-4,6-8,11-13,16,24-26,36H,5,9-10,14-15,17-19,32H2,(H,33,38)(H,34,37). The maximum atomic E-state index is 14.6. The molecule has 0 radical (unpaired) electrons. The Morgan fingerprint density at radius 3 is 2.62 bits per heavy atom. The van der Waals surface area contributed by atoms with Gasteiger partial charge in [0.2, 0.25) is 11.8 Å². The van der Waals surface area contributed by atoms with Crippen LogP contribution in [-0.2, 0) is 27.2 Å². The lowest BCUT2D eigenvalue weighted by Gasteiger charge is -2.29. The third-order valence-corrected chi connectivity index (χ3v) is 6.97. The van der Waals surface area contributed by atoms with Crippen LogP contribution >= 0.6 is 0 Å². The van der Waals surface area contributed by atoms with Crippen LogP contribution in [0.1, 0.15) is 30.4 Å². The Bertz CT molecular complexity index is 1320. The SMILES string of the molecule is NCC(O)CNC(=O)C(Cc1ccc2ccccc2c1)NC(=O)CCN1C(=O)C(F)CCCc2ccccc21. The molecule has 39 heavy (non-hydrogen) atoms. The number of benzene rings is 3. The highest BCUT2D eigenvalue weighted by atomic mass is 19.1. The van der Waals surface area contributed by atoms with Gasteiger partial charge in [-0.25, -0.2) is 4.39 Å². The van der Waals surface area contributed by atoms with Gasteiger partial charge in [-0.15, -0.1) is 0 Å². The lowest BCUT2D eigenvalue weighted by molar-refractivity contribution is -0.129. The average Bonchev–Trinajstić information content (AvgIpc) is 2.95. The molecule has 0 spiro atoms. The quantitative estimate of drug-likeness (QED) is 0.318. The molecule has 1 aliphatic rings. The molecule has 0 aromatic heterocycles. The number of hydrogen-bond donors (Lipinski definition) is 4. The fourth-order valence-corrected chi connectivity index (χ4v) is 4.81. The third-order valence-electron chi connectivity index (χ3n) is 6.97. The van der Waals surface area contributed by atoms with Crippen molar-refractivity contribution in [1.29, 1.82) is 0 Å². The molecule has 3 atom stereocenters. The van der Waals surface area contributed by atoms with Gasteiger partial charge in [0.1, 0.15) is 6.04 Å². The molecule has 5 N–H and O–H groups in total. The number of halogens is 1. The van der Waals surface area contributed by atoms with Crippen molar-refractivity contribution in [2.24, 2.45) is 5.73 Å². The molecule has 4 rings (SSSR count). The van der Waals surface area contributed by atoms with E-state index in [9.17, 15) is 23.9 Å². The van der Waals surface area contributed by atoms with Gasteiger partial charge in [-0.3, -0.25) is 14.4 Å². The van der Waals surface area contributed by atoms with Crippen molar-refractivity contribution in [3.63, 3.8) is 0 Å². The minimum atomic E-state index is -1.62. The van der Waals surface area contributed by atoms with Crippen molar-refractivity contribution in [3.05, 3.63) is 77.9 Å². The number of carbonyl (C=O) groups excluding carboxylic acids is 3. The number of hydrogen-bond acceptors (Lipinski definition) is 5. The van der Waals surface area contributed by atoms with Crippen LogP contribution in [0, 0.1) is 0 Å². The molecule has 0 saturated heterocycles. The zero-order chi connectivity index (χ0) is 27.8. The van der Waals surface area contributed by atoms with E-state index in [0.29, 0.717) is 18.5 Å². The molecule has 0 bridgehead atoms. The van der Waals surface area contributed by atoms with Crippen LogP contribution in [-0.4, -0.2) is 60.8 Å². The molecule has 206 valence electrons. The molecule has 0 saturated carbocycles. The van der Waals surface area contributed by atoms with Gasteiger partial charge in [0.15, 0.2) is 6.17 Å². The van der Waals surface area contributed by atoms with E-state index in [1.807, 2.05) is 54.6 Å². The van der Waals surface area contributed by atoms with Gasteiger partial charge in [-0.1, -0.05) is 60.7 Å². The van der Waals surface area contributed by atoms with Crippen LogP contribution in [0.2, 0.25) is 0 Å². The third kappa shape index (κ3) is 7.40. The second kappa shape index (κ2) is 13.3. The van der Waals surface area contributed by atoms with Gasteiger partial charge < -0.3 is 26.4 Å². The summed E-state index contributed by atoms with van der Waals surface area (Å²) in [6, 6.07) is 20.1. The number of nitrogens with one attached hydrogen (secondary N) is 2. The first-order valence-corrected chi connectivity index (χ1v) is 13.3. The summed E-state index contributed by atoms with van der Waals surface area (Å²) >= 11 is 0. The summed E-state index contributed by atoms with van der Waals surface area (Å²) in [7, 11) is 0. The van der Waals surface area contributed by atoms with Crippen molar-refractivity contribution < 1.29 is 23.9 Å². The number of para-hydroxylation sites is 1. The minimum absolute atomic E-state index is 0.0110. The highest BCUT2D eigenvalue weighted by Gasteiger charge is 2.29. The Labute approximate surface area is 227 Å². The number of aliphatic hydroxyl groups is 1. The summed E-state index contributed by atoms with van der Waals surface area (Å²) in [5, 5.41) is 17.3. The normalized spacial score (nSPS) is 17.1. The number of aliphatic hydroxyl groups excluding tert-OH is 1. The molecule has 8 nitrogen and oxygen atoms in total. The summed E-state index contributed by atoms with van der Waals surface area (Å²) in [4.78, 5) is 40.3. The molecule has 3 aromatic carbocycles. The number of anilines is 1. The Morgan fingerprint density at radius 2 is 1.82 bits per heavy atom. The lowest BCUT2D eigenvalue weighted by Crippen LogP contribution is -2.50. The lowest BCUT2D eigenvalue weighted by atomic mass is 9.99. The van der Waals surface area contributed by atoms with E-state index in [2.05, 4.69) is 10.6 Å². The largest absolute Gasteiger partial charge is 0.390 e. The molecular formula is C30H35FN4O4. The van der Waals surface area contributed by atoms with Crippen LogP contribution in [0.5, 0.6) is 0 Å². The van der Waals surface area contributed by atoms with Crippen LogP contribution in [0.4, 0.5) is 10.1 Å². The number of fused-ring (bicyclic) bond motifs is 2. The molecule has 0 aliphatic carbocycles. The first-order chi connectivity index (χ1) is 18.9. The van der Waals surface area contributed by atoms with Crippen molar-refractivity contribution in [2.45, 2.75) is 50.4 Å². The predicted octanol–water partition coefficient (Wildman–Crippen LogP) is 2.40. The fourth-order valence-electron chi connectivity index (χ4n) is 4.81. The number of rotatable bonds is 10. The smallest absolute Gasteiger partial charge is 0.261 e. The van der Waals surface area contributed by atoms with Gasteiger partial charge >= 0.3 is 0 Å². The Morgan fingerprint density at radius 1 is 1.08 bits per heavy atom. The molecule has 9 heteroatoms. The van der Waals surface area contributed by atoms with Crippen LogP contribution in [0.3, 0.4) is 0 Å². The highest BCUT2D eigenvalue weighted by Crippen LogP contribution is 2.27. The summed E-state index contributed by atoms with van der Waals surface area (Å²) in [6.07, 6.45) is -1.06. The number of nitrogens with two attached hydrogens (primary N) is 1. The number of nitrogens with zero attached hydrogens (tertiary/aromatic N) is 1. The molecular weight excluding hydrogens is 499 g/mol. The maximum absolute atomic E-state index is 14.6. The van der Waals surface area contributed by atoms with Crippen LogP contribution in [0.25, 0.3) is 10.8 Å². The van der Waals surface area contributed by atoms with E-state index in [0.717, 1.165) is 21.9 Å². The van der Waals surface area contributed by atoms with Crippen LogP contribution in [0.15, 0.2) is 66.7 Å². The molecule has 0 fully saturated rings. The first kappa shape index (κ1) is 28.2. The Kier molecular flexibility index (Phi) is 9.62. The van der Waals surface area contributed by atoms with Crippen LogP contribution < -0.4 is 21.3 Å². The van der Waals surface area contributed by atoms with Gasteiger partial charge in [0, 0.05) is 38.2 Å². The molecule has 3 amide bonds. The fraction of sp³-hybridized carbons (Fsp3) is 0.367. The number of aryl methyl sites for hydroxylation is 1. The highest BCUT2D eigenvalue weighted by molar-refractivity contribution is 5.98. The topological polar surface area (TPSA) is 125 Å². The van der Waals surface area contributed by atoms with Gasteiger partial charge in [-0.05, 0) is 47.2 Å². The van der Waals surface area contributed by atoms with E-state index < -0.39 is 36.0 Å². The molecule has 3 unspecified atom stereocenters. The minimum Gasteiger partial charge on any atom is -0.390 e. The number of carbonyl (C=O) groups is 3. The van der Waals surface area contributed by atoms with E-state index in [4.69, 9.17) is 5.73 Å². The van der Waals surface area contributed by atoms with Crippen molar-refractivity contribution >= 4 is 34.2 Å². The molecule has 1 heterocycles. The van der Waals surface area contributed by atoms with E-state index in [1.165, 1.54) is 4.90 Å². The zero-order valence-corrected chi connectivity index (χ0v) is 21.8. The molecule has 1 aliphatic heterocycles. The van der Waals surface area contributed by atoms with E-state index in [1.54, 1.807) is 12.1 Å². The second-order valence-electron chi connectivity index (χ2n) is 9.87. The summed E-state index contributed by atoms with van der Waals surface area (Å²) in [5.74, 6) is -1.56. The van der Waals surface area contributed by atoms with Gasteiger partial charge in [0.05, 0.1) is 6.10 Å². The maximum Gasteiger partial charge on any atom is 0.261 e. The second-order valence-corrected chi connectivity index (χ2v) is 9.87. The Hall–Kier alpha value is -3.82. The van der Waals surface area contributed by atoms with Gasteiger partial charge in [0.25, 0.3) is 5.91 Å². The number of alkyl halides is 1. The monoisotopic (exact) mass is 534 g/mol. The van der Waals surface area contributed by atoms with E-state index >= 15 is 0 Å². The summed E-state index contributed by atoms with van der Waals surface area (Å²) < 4.78 is 14.6. The predicted molar refractivity (Wildman–Crippen MR) is 149 cm³/mol. The average molecular weight is 535 g/mol. The number of amides is 3.